The molecule has 0 aliphatic carbocycles. The molecule has 1 fully saturated rings. The Labute approximate surface area is 156 Å². The van der Waals surface area contributed by atoms with Gasteiger partial charge in [0.2, 0.25) is 0 Å². The van der Waals surface area contributed by atoms with E-state index in [2.05, 4.69) is 0 Å². The number of rotatable bonds is 9. The Morgan fingerprint density at radius 3 is 2.52 bits per heavy atom. The van der Waals surface area contributed by atoms with Crippen LogP contribution in [0.4, 0.5) is 0 Å². The molecule has 1 amide bonds. The van der Waals surface area contributed by atoms with E-state index in [-0.39, 0.29) is 32.2 Å². The van der Waals surface area contributed by atoms with Gasteiger partial charge in [0.25, 0.3) is 5.91 Å². The first-order valence-corrected chi connectivity index (χ1v) is 10.1. The number of methoxy groups -OCH3 is 1. The molecule has 138 valence electrons. The predicted octanol–water partition coefficient (Wildman–Crippen LogP) is 2.49. The van der Waals surface area contributed by atoms with Crippen LogP contribution in [-0.4, -0.2) is 66.8 Å². The number of amides is 1. The normalized spacial score (nSPS) is 14.9. The molecule has 0 aromatic heterocycles. The van der Waals surface area contributed by atoms with Crippen molar-refractivity contribution < 1.29 is 24.2 Å². The number of hydrogen-bond donors (Lipinski definition) is 1. The van der Waals surface area contributed by atoms with Crippen LogP contribution in [0, 0.1) is 0 Å². The summed E-state index contributed by atoms with van der Waals surface area (Å²) in [6.07, 6.45) is 1.26. The molecule has 0 spiro atoms. The summed E-state index contributed by atoms with van der Waals surface area (Å²) in [5, 5.41) is 8.89. The molecule has 0 atom stereocenters. The SMILES string of the molecule is COCCN(CC(=O)O)C(=O)COc1ccc(C2SCCCS2)cc1. The summed E-state index contributed by atoms with van der Waals surface area (Å²) in [7, 11) is 1.50. The van der Waals surface area contributed by atoms with Crippen molar-refractivity contribution in [1.29, 1.82) is 0 Å². The van der Waals surface area contributed by atoms with E-state index in [1.807, 2.05) is 47.8 Å². The maximum Gasteiger partial charge on any atom is 0.323 e. The largest absolute Gasteiger partial charge is 0.484 e. The van der Waals surface area contributed by atoms with Gasteiger partial charge in [-0.25, -0.2) is 0 Å². The molecule has 1 aliphatic heterocycles. The number of thioether (sulfide) groups is 2. The second kappa shape index (κ2) is 10.6. The van der Waals surface area contributed by atoms with Crippen molar-refractivity contribution in [2.75, 3.05) is 44.9 Å². The number of carbonyl (C=O) groups excluding carboxylic acids is 1. The molecule has 1 aromatic rings. The van der Waals surface area contributed by atoms with Gasteiger partial charge in [0.05, 0.1) is 11.2 Å². The number of carboxylic acid groups (broad SMARTS) is 1. The molecule has 2 rings (SSSR count). The molecular weight excluding hydrogens is 362 g/mol. The third-order valence-electron chi connectivity index (χ3n) is 3.59. The lowest BCUT2D eigenvalue weighted by atomic mass is 10.2. The third kappa shape index (κ3) is 6.80. The van der Waals surface area contributed by atoms with Gasteiger partial charge in [0, 0.05) is 13.7 Å². The minimum Gasteiger partial charge on any atom is -0.484 e. The average molecular weight is 386 g/mol. The first kappa shape index (κ1) is 19.9. The van der Waals surface area contributed by atoms with Crippen molar-refractivity contribution in [3.8, 4) is 5.75 Å². The fraction of sp³-hybridized carbons (Fsp3) is 0.529. The van der Waals surface area contributed by atoms with Crippen LogP contribution in [0.15, 0.2) is 24.3 Å². The van der Waals surface area contributed by atoms with Gasteiger partial charge in [0.1, 0.15) is 12.3 Å². The Balaban J connectivity index is 1.85. The fourth-order valence-corrected chi connectivity index (χ4v) is 5.19. The summed E-state index contributed by atoms with van der Waals surface area (Å²) in [6, 6.07) is 7.76. The average Bonchev–Trinajstić information content (AvgIpc) is 2.64. The van der Waals surface area contributed by atoms with E-state index in [9.17, 15) is 9.59 Å². The van der Waals surface area contributed by atoms with Gasteiger partial charge in [-0.2, -0.15) is 0 Å². The van der Waals surface area contributed by atoms with Gasteiger partial charge in [-0.1, -0.05) is 12.1 Å². The molecule has 0 bridgehead atoms. The topological polar surface area (TPSA) is 76.1 Å². The number of aliphatic carboxylic acids is 1. The smallest absolute Gasteiger partial charge is 0.323 e. The van der Waals surface area contributed by atoms with Crippen LogP contribution in [0.2, 0.25) is 0 Å². The van der Waals surface area contributed by atoms with Crippen LogP contribution < -0.4 is 4.74 Å². The van der Waals surface area contributed by atoms with Crippen LogP contribution >= 0.6 is 23.5 Å². The molecule has 25 heavy (non-hydrogen) atoms. The summed E-state index contributed by atoms with van der Waals surface area (Å²) in [4.78, 5) is 24.2. The number of carbonyl (C=O) groups is 2. The molecule has 1 N–H and O–H groups in total. The highest BCUT2D eigenvalue weighted by molar-refractivity contribution is 8.16. The maximum atomic E-state index is 12.1. The van der Waals surface area contributed by atoms with E-state index >= 15 is 0 Å². The zero-order valence-corrected chi connectivity index (χ0v) is 15.8. The first-order chi connectivity index (χ1) is 12.1. The molecule has 0 unspecified atom stereocenters. The molecule has 8 heteroatoms. The highest BCUT2D eigenvalue weighted by Gasteiger charge is 2.18. The van der Waals surface area contributed by atoms with E-state index in [1.165, 1.54) is 35.5 Å². The lowest BCUT2D eigenvalue weighted by Crippen LogP contribution is -2.40. The van der Waals surface area contributed by atoms with Crippen molar-refractivity contribution in [3.05, 3.63) is 29.8 Å². The van der Waals surface area contributed by atoms with Crippen LogP contribution in [-0.2, 0) is 14.3 Å². The number of nitrogens with zero attached hydrogens (tertiary/aromatic N) is 1. The van der Waals surface area contributed by atoms with Crippen LogP contribution in [0.25, 0.3) is 0 Å². The van der Waals surface area contributed by atoms with Crippen molar-refractivity contribution in [1.82, 2.24) is 4.90 Å². The molecule has 1 aromatic carbocycles. The highest BCUT2D eigenvalue weighted by Crippen LogP contribution is 2.43. The monoisotopic (exact) mass is 385 g/mol. The predicted molar refractivity (Wildman–Crippen MR) is 100 cm³/mol. The Kier molecular flexibility index (Phi) is 8.43. The number of benzene rings is 1. The molecule has 0 radical (unpaired) electrons. The summed E-state index contributed by atoms with van der Waals surface area (Å²) in [6.45, 7) is -0.0472. The molecule has 1 saturated heterocycles. The van der Waals surface area contributed by atoms with Crippen molar-refractivity contribution in [3.63, 3.8) is 0 Å². The van der Waals surface area contributed by atoms with Crippen molar-refractivity contribution in [2.45, 2.75) is 11.0 Å². The van der Waals surface area contributed by atoms with Crippen LogP contribution in [0.1, 0.15) is 16.6 Å². The minimum atomic E-state index is -1.06. The Morgan fingerprint density at radius 2 is 1.92 bits per heavy atom. The quantitative estimate of drug-likeness (QED) is 0.700. The zero-order valence-electron chi connectivity index (χ0n) is 14.2. The lowest BCUT2D eigenvalue weighted by molar-refractivity contribution is -0.145. The molecule has 1 heterocycles. The van der Waals surface area contributed by atoms with Gasteiger partial charge >= 0.3 is 5.97 Å². The van der Waals surface area contributed by atoms with E-state index in [0.717, 1.165) is 0 Å². The highest BCUT2D eigenvalue weighted by atomic mass is 32.2. The molecule has 0 saturated carbocycles. The standard InChI is InChI=1S/C17H23NO5S2/c1-22-8-7-18(11-16(20)21)15(19)12-23-14-5-3-13(4-6-14)17-24-9-2-10-25-17/h3-6,17H,2,7-12H2,1H3,(H,20,21). The summed E-state index contributed by atoms with van der Waals surface area (Å²) in [5.41, 5.74) is 1.25. The Hall–Kier alpha value is -1.38. The van der Waals surface area contributed by atoms with Crippen LogP contribution in [0.3, 0.4) is 0 Å². The fourth-order valence-electron chi connectivity index (χ4n) is 2.29. The van der Waals surface area contributed by atoms with Crippen LogP contribution in [0.5, 0.6) is 5.75 Å². The maximum absolute atomic E-state index is 12.1. The zero-order chi connectivity index (χ0) is 18.1. The summed E-state index contributed by atoms with van der Waals surface area (Å²) < 4.78 is 10.9. The first-order valence-electron chi connectivity index (χ1n) is 8.04. The lowest BCUT2D eigenvalue weighted by Gasteiger charge is -2.22. The van der Waals surface area contributed by atoms with Crippen molar-refractivity contribution in [2.24, 2.45) is 0 Å². The third-order valence-corrected chi connectivity index (χ3v) is 6.60. The van der Waals surface area contributed by atoms with Crippen molar-refractivity contribution >= 4 is 35.4 Å². The number of ether oxygens (including phenoxy) is 2. The van der Waals surface area contributed by atoms with E-state index in [4.69, 9.17) is 14.6 Å². The van der Waals surface area contributed by atoms with Gasteiger partial charge in [-0.05, 0) is 35.6 Å². The Morgan fingerprint density at radius 1 is 1.24 bits per heavy atom. The van der Waals surface area contributed by atoms with E-state index in [1.54, 1.807) is 0 Å². The Bertz CT molecular complexity index is 561. The molecular formula is C17H23NO5S2. The second-order valence-electron chi connectivity index (χ2n) is 5.49. The van der Waals surface area contributed by atoms with Gasteiger partial charge in [-0.15, -0.1) is 23.5 Å². The van der Waals surface area contributed by atoms with Gasteiger partial charge in [0.15, 0.2) is 6.61 Å². The minimum absolute atomic E-state index is 0.191. The van der Waals surface area contributed by atoms with Gasteiger partial charge < -0.3 is 19.5 Å². The molecule has 6 nitrogen and oxygen atoms in total. The van der Waals surface area contributed by atoms with E-state index < -0.39 is 5.97 Å². The second-order valence-corrected chi connectivity index (χ2v) is 8.21. The number of hydrogen-bond acceptors (Lipinski definition) is 6. The number of carboxylic acids is 1. The van der Waals surface area contributed by atoms with Gasteiger partial charge in [-0.3, -0.25) is 9.59 Å². The summed E-state index contributed by atoms with van der Waals surface area (Å²) in [5.74, 6) is 1.54. The molecule has 1 aliphatic rings. The summed E-state index contributed by atoms with van der Waals surface area (Å²) >= 11 is 3.90. The van der Waals surface area contributed by atoms with E-state index in [0.29, 0.717) is 10.3 Å².